The van der Waals surface area contributed by atoms with Crippen LogP contribution >= 0.6 is 23.4 Å². The van der Waals surface area contributed by atoms with E-state index < -0.39 is 0 Å². The van der Waals surface area contributed by atoms with Crippen molar-refractivity contribution >= 4 is 40.9 Å². The van der Waals surface area contributed by atoms with Gasteiger partial charge in [-0.2, -0.15) is 0 Å². The lowest BCUT2D eigenvalue weighted by atomic mass is 10.1. The van der Waals surface area contributed by atoms with Crippen molar-refractivity contribution in [2.45, 2.75) is 4.90 Å². The number of hydrogen-bond acceptors (Lipinski definition) is 4. The summed E-state index contributed by atoms with van der Waals surface area (Å²) in [6.07, 6.45) is 0. The van der Waals surface area contributed by atoms with E-state index in [0.717, 1.165) is 4.90 Å². The highest BCUT2D eigenvalue weighted by Crippen LogP contribution is 2.31. The number of anilines is 1. The molecule has 1 aliphatic rings. The molecular formula is C15H11ClN2O2S. The first kappa shape index (κ1) is 14.0. The van der Waals surface area contributed by atoms with E-state index in [4.69, 9.17) is 17.3 Å². The van der Waals surface area contributed by atoms with Crippen LogP contribution in [0.25, 0.3) is 0 Å². The van der Waals surface area contributed by atoms with Gasteiger partial charge in [0, 0.05) is 15.6 Å². The third kappa shape index (κ3) is 2.50. The molecule has 1 aliphatic heterocycles. The Hall–Kier alpha value is -1.98. The quantitative estimate of drug-likeness (QED) is 0.536. The Bertz CT molecular complexity index is 713. The Morgan fingerprint density at radius 3 is 2.29 bits per heavy atom. The van der Waals surface area contributed by atoms with Gasteiger partial charge in [-0.3, -0.25) is 14.5 Å². The zero-order valence-corrected chi connectivity index (χ0v) is 12.4. The van der Waals surface area contributed by atoms with Gasteiger partial charge in [0.25, 0.3) is 11.8 Å². The normalized spacial score (nSPS) is 13.7. The monoisotopic (exact) mass is 318 g/mol. The van der Waals surface area contributed by atoms with Crippen LogP contribution in [0.2, 0.25) is 5.02 Å². The molecule has 0 unspecified atom stereocenters. The molecule has 6 heteroatoms. The van der Waals surface area contributed by atoms with Crippen molar-refractivity contribution in [2.24, 2.45) is 0 Å². The van der Waals surface area contributed by atoms with Crippen LogP contribution in [0.5, 0.6) is 0 Å². The molecule has 0 bridgehead atoms. The van der Waals surface area contributed by atoms with Crippen molar-refractivity contribution in [1.29, 1.82) is 0 Å². The molecule has 1 heterocycles. The fraction of sp³-hybridized carbons (Fsp3) is 0.0667. The van der Waals surface area contributed by atoms with Crippen LogP contribution in [-0.2, 0) is 0 Å². The molecule has 2 amide bonds. The van der Waals surface area contributed by atoms with Crippen LogP contribution in [0.15, 0.2) is 47.4 Å². The molecule has 21 heavy (non-hydrogen) atoms. The van der Waals surface area contributed by atoms with Gasteiger partial charge >= 0.3 is 0 Å². The third-order valence-electron chi connectivity index (χ3n) is 3.20. The molecule has 0 saturated heterocycles. The summed E-state index contributed by atoms with van der Waals surface area (Å²) in [4.78, 5) is 26.4. The largest absolute Gasteiger partial charge is 0.398 e. The Morgan fingerprint density at radius 1 is 1.05 bits per heavy atom. The minimum absolute atomic E-state index is 0.205. The number of benzene rings is 2. The number of thioether (sulfide) groups is 1. The molecule has 2 N–H and O–H groups in total. The maximum absolute atomic E-state index is 12.2. The van der Waals surface area contributed by atoms with Crippen molar-refractivity contribution in [3.63, 3.8) is 0 Å². The molecule has 3 rings (SSSR count). The van der Waals surface area contributed by atoms with Crippen molar-refractivity contribution in [1.82, 2.24) is 4.90 Å². The number of carbonyl (C=O) groups is 2. The van der Waals surface area contributed by atoms with E-state index >= 15 is 0 Å². The predicted molar refractivity (Wildman–Crippen MR) is 83.5 cm³/mol. The zero-order valence-electron chi connectivity index (χ0n) is 10.9. The molecule has 0 atom stereocenters. The highest BCUT2D eigenvalue weighted by atomic mass is 35.5. The van der Waals surface area contributed by atoms with Crippen LogP contribution < -0.4 is 5.73 Å². The lowest BCUT2D eigenvalue weighted by Crippen LogP contribution is -2.29. The predicted octanol–water partition coefficient (Wildman–Crippen LogP) is 3.27. The zero-order chi connectivity index (χ0) is 15.0. The van der Waals surface area contributed by atoms with E-state index in [2.05, 4.69) is 0 Å². The number of rotatable bonds is 3. The minimum atomic E-state index is -0.274. The first-order valence-electron chi connectivity index (χ1n) is 6.21. The number of hydrogen-bond donors (Lipinski definition) is 1. The Labute approximate surface area is 130 Å². The van der Waals surface area contributed by atoms with E-state index in [1.807, 2.05) is 0 Å². The number of fused-ring (bicyclic) bond motifs is 1. The van der Waals surface area contributed by atoms with E-state index in [1.165, 1.54) is 16.7 Å². The fourth-order valence-corrected chi connectivity index (χ4v) is 3.31. The molecule has 0 radical (unpaired) electrons. The molecule has 0 fully saturated rings. The molecule has 2 aromatic rings. The molecule has 0 aliphatic carbocycles. The molecule has 4 nitrogen and oxygen atoms in total. The molecule has 2 aromatic carbocycles. The molecule has 106 valence electrons. The van der Waals surface area contributed by atoms with E-state index in [-0.39, 0.29) is 17.7 Å². The van der Waals surface area contributed by atoms with Gasteiger partial charge in [0.05, 0.1) is 17.0 Å². The Morgan fingerprint density at radius 2 is 1.67 bits per heavy atom. The molecule has 0 saturated carbocycles. The molecule has 0 aromatic heterocycles. The number of amides is 2. The number of carbonyl (C=O) groups excluding carboxylic acids is 2. The number of nitrogen functional groups attached to an aromatic ring is 1. The van der Waals surface area contributed by atoms with Crippen LogP contribution in [0.4, 0.5) is 5.69 Å². The van der Waals surface area contributed by atoms with Gasteiger partial charge in [-0.15, -0.1) is 11.8 Å². The summed E-state index contributed by atoms with van der Waals surface area (Å²) in [5.41, 5.74) is 7.32. The Kier molecular flexibility index (Phi) is 3.61. The number of nitrogens with zero attached hydrogens (tertiary/aromatic N) is 1. The summed E-state index contributed by atoms with van der Waals surface area (Å²) in [5.74, 6) is -0.343. The van der Waals surface area contributed by atoms with Gasteiger partial charge in [0.2, 0.25) is 0 Å². The fourth-order valence-electron chi connectivity index (χ4n) is 2.12. The lowest BCUT2D eigenvalue weighted by molar-refractivity contribution is 0.0684. The van der Waals surface area contributed by atoms with Crippen molar-refractivity contribution in [2.75, 3.05) is 11.6 Å². The van der Waals surface area contributed by atoms with E-state index in [1.54, 1.807) is 42.5 Å². The molecular weight excluding hydrogens is 308 g/mol. The van der Waals surface area contributed by atoms with Crippen molar-refractivity contribution in [3.05, 3.63) is 58.6 Å². The van der Waals surface area contributed by atoms with Gasteiger partial charge in [0.15, 0.2) is 0 Å². The van der Waals surface area contributed by atoms with Crippen LogP contribution in [-0.4, -0.2) is 22.6 Å². The van der Waals surface area contributed by atoms with Crippen molar-refractivity contribution in [3.8, 4) is 0 Å². The van der Waals surface area contributed by atoms with Crippen molar-refractivity contribution < 1.29 is 9.59 Å². The van der Waals surface area contributed by atoms with Crippen LogP contribution in [0.1, 0.15) is 20.7 Å². The lowest BCUT2D eigenvalue weighted by Gasteiger charge is -2.14. The summed E-state index contributed by atoms with van der Waals surface area (Å²) >= 11 is 7.24. The van der Waals surface area contributed by atoms with Gasteiger partial charge in [0.1, 0.15) is 0 Å². The third-order valence-corrected chi connectivity index (χ3v) is 4.49. The summed E-state index contributed by atoms with van der Waals surface area (Å²) < 4.78 is 0. The summed E-state index contributed by atoms with van der Waals surface area (Å²) in [7, 11) is 0. The van der Waals surface area contributed by atoms with Gasteiger partial charge in [-0.05, 0) is 30.3 Å². The average molecular weight is 319 g/mol. The van der Waals surface area contributed by atoms with Crippen LogP contribution in [0.3, 0.4) is 0 Å². The number of nitrogens with two attached hydrogens (primary N) is 1. The maximum Gasteiger partial charge on any atom is 0.262 e. The highest BCUT2D eigenvalue weighted by Gasteiger charge is 2.34. The smallest absolute Gasteiger partial charge is 0.262 e. The minimum Gasteiger partial charge on any atom is -0.398 e. The van der Waals surface area contributed by atoms with E-state index in [9.17, 15) is 9.59 Å². The SMILES string of the molecule is Nc1ccc(Cl)cc1SCN1C(=O)c2ccccc2C1=O. The molecule has 0 spiro atoms. The second kappa shape index (κ2) is 5.42. The van der Waals surface area contributed by atoms with Gasteiger partial charge in [-0.25, -0.2) is 0 Å². The highest BCUT2D eigenvalue weighted by molar-refractivity contribution is 7.99. The van der Waals surface area contributed by atoms with E-state index in [0.29, 0.717) is 21.8 Å². The summed E-state index contributed by atoms with van der Waals surface area (Å²) in [5, 5.41) is 0.564. The van der Waals surface area contributed by atoms with Crippen LogP contribution in [0, 0.1) is 0 Å². The second-order valence-corrected chi connectivity index (χ2v) is 5.96. The van der Waals surface area contributed by atoms with Gasteiger partial charge in [-0.1, -0.05) is 23.7 Å². The Balaban J connectivity index is 1.80. The first-order valence-corrected chi connectivity index (χ1v) is 7.57. The first-order chi connectivity index (χ1) is 10.1. The summed E-state index contributed by atoms with van der Waals surface area (Å²) in [6, 6.07) is 11.9. The number of imide groups is 1. The number of halogens is 1. The van der Waals surface area contributed by atoms with Gasteiger partial charge < -0.3 is 5.73 Å². The average Bonchev–Trinajstić information content (AvgIpc) is 2.73. The maximum atomic E-state index is 12.2. The summed E-state index contributed by atoms with van der Waals surface area (Å²) in [6.45, 7) is 0. The topological polar surface area (TPSA) is 63.4 Å². The standard InChI is InChI=1S/C15H11ClN2O2S/c16-9-5-6-12(17)13(7-9)21-8-18-14(19)10-3-1-2-4-11(10)15(18)20/h1-7H,8,17H2. The second-order valence-electron chi connectivity index (χ2n) is 4.54.